The third kappa shape index (κ3) is 3.61. The first-order chi connectivity index (χ1) is 2.56. The van der Waals surface area contributed by atoms with Crippen LogP contribution in [-0.4, -0.2) is 4.89 Å². The third-order valence-electron chi connectivity index (χ3n) is 0.123. The minimum atomic E-state index is -4.84. The molecule has 0 aliphatic heterocycles. The van der Waals surface area contributed by atoms with Crippen LogP contribution in [0.1, 0.15) is 0 Å². The van der Waals surface area contributed by atoms with Gasteiger partial charge in [-0.15, -0.1) is 4.20 Å². The normalized spacial score (nSPS) is 18.2. The average molecular weight is 109 g/mol. The van der Waals surface area contributed by atoms with E-state index in [4.69, 9.17) is 14.7 Å². The Hall–Kier alpha value is -0.390. The summed E-state index contributed by atoms with van der Waals surface area (Å²) in [5.74, 6) is 0.549. The molecular formula is CHFNO2P. The summed E-state index contributed by atoms with van der Waals surface area (Å²) in [4.78, 5) is 7.35. The zero-order valence-corrected chi connectivity index (χ0v) is 3.52. The SMILES string of the molecule is N#CP(=O)(O)F. The quantitative estimate of drug-likeness (QED) is 0.464. The molecule has 0 spiro atoms. The van der Waals surface area contributed by atoms with E-state index in [2.05, 4.69) is 0 Å². The highest BCUT2D eigenvalue weighted by molar-refractivity contribution is 7.57. The zero-order valence-electron chi connectivity index (χ0n) is 2.63. The molecule has 1 atom stereocenters. The Morgan fingerprint density at radius 3 is 2.17 bits per heavy atom. The van der Waals surface area contributed by atoms with Gasteiger partial charge in [-0.1, -0.05) is 0 Å². The molecule has 1 N–H and O–H groups in total. The lowest BCUT2D eigenvalue weighted by Gasteiger charge is -1.75. The second kappa shape index (κ2) is 1.38. The minimum absolute atomic E-state index is 0.549. The van der Waals surface area contributed by atoms with Gasteiger partial charge in [-0.2, -0.15) is 5.26 Å². The minimum Gasteiger partial charge on any atom is -0.310 e. The van der Waals surface area contributed by atoms with Crippen LogP contribution in [-0.2, 0) is 4.57 Å². The Morgan fingerprint density at radius 2 is 2.17 bits per heavy atom. The van der Waals surface area contributed by atoms with Crippen LogP contribution >= 0.6 is 7.68 Å². The van der Waals surface area contributed by atoms with Gasteiger partial charge in [-0.3, -0.25) is 0 Å². The monoisotopic (exact) mass is 109 g/mol. The Balaban J connectivity index is 3.94. The predicted molar refractivity (Wildman–Crippen MR) is 16.5 cm³/mol. The molecule has 0 rings (SSSR count). The summed E-state index contributed by atoms with van der Waals surface area (Å²) in [5, 5.41) is 7.26. The second-order valence-corrected chi connectivity index (χ2v) is 1.81. The summed E-state index contributed by atoms with van der Waals surface area (Å²) in [7, 11) is -4.84. The van der Waals surface area contributed by atoms with Crippen molar-refractivity contribution < 1.29 is 13.7 Å². The molecule has 0 saturated carbocycles. The molecule has 1 unspecified atom stereocenters. The van der Waals surface area contributed by atoms with E-state index in [1.54, 1.807) is 0 Å². The fraction of sp³-hybridized carbons (Fsp3) is 0. The molecule has 0 aromatic carbocycles. The summed E-state index contributed by atoms with van der Waals surface area (Å²) in [5.41, 5.74) is 0. The Morgan fingerprint density at radius 1 is 2.00 bits per heavy atom. The van der Waals surface area contributed by atoms with E-state index in [0.717, 1.165) is 0 Å². The molecule has 0 amide bonds. The number of nitriles is 1. The van der Waals surface area contributed by atoms with Crippen molar-refractivity contribution in [1.29, 1.82) is 5.26 Å². The molecule has 0 aliphatic rings. The van der Waals surface area contributed by atoms with E-state index in [0.29, 0.717) is 5.81 Å². The highest BCUT2D eigenvalue weighted by Crippen LogP contribution is 2.39. The summed E-state index contributed by atoms with van der Waals surface area (Å²) < 4.78 is 20.0. The van der Waals surface area contributed by atoms with Crippen molar-refractivity contribution in [2.24, 2.45) is 0 Å². The molecule has 0 heterocycles. The standard InChI is InChI=1S/CHFNO2P/c2-6(4,5)1-3/h(H,4,5). The Labute approximate surface area is 33.6 Å². The van der Waals surface area contributed by atoms with Crippen LogP contribution in [0.4, 0.5) is 4.20 Å². The van der Waals surface area contributed by atoms with Crippen molar-refractivity contribution in [2.45, 2.75) is 0 Å². The highest BCUT2D eigenvalue weighted by atomic mass is 31.2. The van der Waals surface area contributed by atoms with E-state index in [1.165, 1.54) is 0 Å². The summed E-state index contributed by atoms with van der Waals surface area (Å²) in [6, 6.07) is 0. The molecule has 0 bridgehead atoms. The molecule has 0 aromatic rings. The Kier molecular flexibility index (Phi) is 1.29. The molecule has 3 nitrogen and oxygen atoms in total. The van der Waals surface area contributed by atoms with E-state index in [1.807, 2.05) is 0 Å². The molecule has 34 valence electrons. The van der Waals surface area contributed by atoms with Crippen molar-refractivity contribution in [3.8, 4) is 5.81 Å². The van der Waals surface area contributed by atoms with Crippen LogP contribution in [0.5, 0.6) is 0 Å². The maximum absolute atomic E-state index is 10.9. The van der Waals surface area contributed by atoms with Crippen molar-refractivity contribution in [1.82, 2.24) is 0 Å². The van der Waals surface area contributed by atoms with Crippen LogP contribution in [0.2, 0.25) is 0 Å². The molecule has 0 saturated heterocycles. The van der Waals surface area contributed by atoms with E-state index < -0.39 is 7.68 Å². The highest BCUT2D eigenvalue weighted by Gasteiger charge is 2.10. The van der Waals surface area contributed by atoms with Crippen LogP contribution in [0.3, 0.4) is 0 Å². The first kappa shape index (κ1) is 5.61. The predicted octanol–water partition coefficient (Wildman–Crippen LogP) is 0.622. The van der Waals surface area contributed by atoms with Gasteiger partial charge in [-0.25, -0.2) is 4.57 Å². The average Bonchev–Trinajstić information content (AvgIpc) is 1.35. The smallest absolute Gasteiger partial charge is 0.310 e. The topological polar surface area (TPSA) is 61.1 Å². The molecule has 6 heavy (non-hydrogen) atoms. The van der Waals surface area contributed by atoms with E-state index in [9.17, 15) is 4.20 Å². The lowest BCUT2D eigenvalue weighted by Crippen LogP contribution is -1.54. The first-order valence-electron chi connectivity index (χ1n) is 0.999. The number of halogens is 1. The molecule has 5 heteroatoms. The zero-order chi connectivity index (χ0) is 5.21. The Bertz CT molecular complexity index is 120. The van der Waals surface area contributed by atoms with Gasteiger partial charge in [0.25, 0.3) is 0 Å². The summed E-state index contributed by atoms with van der Waals surface area (Å²) in [6.07, 6.45) is 0. The van der Waals surface area contributed by atoms with Gasteiger partial charge in [0, 0.05) is 0 Å². The molecular weight excluding hydrogens is 108 g/mol. The van der Waals surface area contributed by atoms with Crippen LogP contribution in [0.25, 0.3) is 0 Å². The van der Waals surface area contributed by atoms with Crippen molar-refractivity contribution in [3.63, 3.8) is 0 Å². The van der Waals surface area contributed by atoms with Crippen molar-refractivity contribution in [3.05, 3.63) is 0 Å². The number of hydrogen-bond acceptors (Lipinski definition) is 2. The lowest BCUT2D eigenvalue weighted by molar-refractivity contribution is 0.444. The fourth-order valence-corrected chi connectivity index (χ4v) is 0. The van der Waals surface area contributed by atoms with Gasteiger partial charge in [0.2, 0.25) is 0 Å². The number of rotatable bonds is 0. The molecule has 0 aromatic heterocycles. The van der Waals surface area contributed by atoms with Crippen molar-refractivity contribution in [2.75, 3.05) is 0 Å². The van der Waals surface area contributed by atoms with Crippen LogP contribution in [0.15, 0.2) is 0 Å². The van der Waals surface area contributed by atoms with Gasteiger partial charge in [0.1, 0.15) is 0 Å². The molecule has 0 radical (unpaired) electrons. The van der Waals surface area contributed by atoms with Gasteiger partial charge in [0.05, 0.1) is 0 Å². The van der Waals surface area contributed by atoms with Gasteiger partial charge < -0.3 is 4.89 Å². The van der Waals surface area contributed by atoms with Crippen LogP contribution in [0, 0.1) is 11.1 Å². The fourth-order valence-electron chi connectivity index (χ4n) is 0. The van der Waals surface area contributed by atoms with Gasteiger partial charge in [-0.05, 0) is 0 Å². The first-order valence-corrected chi connectivity index (χ1v) is 2.55. The summed E-state index contributed by atoms with van der Waals surface area (Å²) >= 11 is 0. The number of hydrogen-bond donors (Lipinski definition) is 1. The van der Waals surface area contributed by atoms with E-state index >= 15 is 0 Å². The molecule has 0 fully saturated rings. The molecule has 0 aliphatic carbocycles. The maximum atomic E-state index is 10.9. The third-order valence-corrected chi connectivity index (χ3v) is 0.370. The second-order valence-electron chi connectivity index (χ2n) is 0.602. The van der Waals surface area contributed by atoms with Crippen molar-refractivity contribution >= 4 is 7.68 Å². The van der Waals surface area contributed by atoms with Gasteiger partial charge in [0.15, 0.2) is 5.81 Å². The number of nitrogens with zero attached hydrogens (tertiary/aromatic N) is 1. The van der Waals surface area contributed by atoms with Crippen LogP contribution < -0.4 is 0 Å². The van der Waals surface area contributed by atoms with E-state index in [-0.39, 0.29) is 0 Å². The lowest BCUT2D eigenvalue weighted by atomic mass is 11.8. The largest absolute Gasteiger partial charge is 0.465 e. The van der Waals surface area contributed by atoms with Gasteiger partial charge >= 0.3 is 7.68 Å². The maximum Gasteiger partial charge on any atom is 0.465 e. The summed E-state index contributed by atoms with van der Waals surface area (Å²) in [6.45, 7) is 0.